The predicted molar refractivity (Wildman–Crippen MR) is 141 cm³/mol. The fraction of sp³-hybridized carbons (Fsp3) is 0.935. The van der Waals surface area contributed by atoms with Gasteiger partial charge in [0.05, 0.1) is 24.4 Å². The van der Waals surface area contributed by atoms with E-state index >= 15 is 0 Å². The lowest BCUT2D eigenvalue weighted by atomic mass is 9.38. The molecular weight excluding hydrogens is 468 g/mol. The first-order valence-corrected chi connectivity index (χ1v) is 14.5. The Labute approximate surface area is 223 Å². The van der Waals surface area contributed by atoms with E-state index in [1.165, 1.54) is 7.11 Å². The number of aliphatic hydroxyl groups excluding tert-OH is 1. The van der Waals surface area contributed by atoms with Crippen LogP contribution in [0.2, 0.25) is 0 Å². The lowest BCUT2D eigenvalue weighted by molar-refractivity contribution is -0.235. The molecule has 4 saturated carbocycles. The lowest BCUT2D eigenvalue weighted by Gasteiger charge is -2.66. The van der Waals surface area contributed by atoms with Crippen LogP contribution in [0.25, 0.3) is 0 Å². The molecule has 6 heteroatoms. The summed E-state index contributed by atoms with van der Waals surface area (Å²) in [7, 11) is 1.30. The second-order valence-electron chi connectivity index (χ2n) is 15.7. The minimum atomic E-state index is -1.74. The summed E-state index contributed by atoms with van der Waals surface area (Å²) in [5.41, 5.74) is -4.36. The van der Waals surface area contributed by atoms with Crippen molar-refractivity contribution in [2.75, 3.05) is 7.11 Å². The normalized spacial score (nSPS) is 54.2. The molecule has 5 rings (SSSR count). The van der Waals surface area contributed by atoms with Gasteiger partial charge in [-0.3, -0.25) is 4.79 Å². The highest BCUT2D eigenvalue weighted by Crippen LogP contribution is 2.77. The fourth-order valence-corrected chi connectivity index (χ4v) is 11.5. The van der Waals surface area contributed by atoms with E-state index in [0.717, 1.165) is 32.1 Å². The number of ether oxygens (including phenoxy) is 2. The molecule has 10 atom stereocenters. The topological polar surface area (TPSA) is 93.1 Å². The van der Waals surface area contributed by atoms with Gasteiger partial charge in [-0.2, -0.15) is 0 Å². The van der Waals surface area contributed by atoms with Crippen LogP contribution in [0.4, 0.5) is 0 Å². The Balaban J connectivity index is 1.57. The molecule has 2 N–H and O–H groups in total. The average Bonchev–Trinajstić information content (AvgIpc) is 3.21. The number of carbonyl (C=O) groups excluding carboxylic acids is 2. The molecule has 0 spiro atoms. The van der Waals surface area contributed by atoms with E-state index in [4.69, 9.17) is 9.47 Å². The third kappa shape index (κ3) is 3.27. The maximum absolute atomic E-state index is 14.1. The number of hydrogen-bond donors (Lipinski definition) is 2. The first kappa shape index (κ1) is 27.6. The van der Waals surface area contributed by atoms with Gasteiger partial charge in [0, 0.05) is 17.8 Å². The summed E-state index contributed by atoms with van der Waals surface area (Å²) >= 11 is 0. The van der Waals surface area contributed by atoms with Crippen molar-refractivity contribution >= 4 is 11.8 Å². The molecule has 0 unspecified atom stereocenters. The zero-order chi connectivity index (χ0) is 27.6. The molecule has 1 heterocycles. The highest BCUT2D eigenvalue weighted by Gasteiger charge is 2.78. The minimum Gasteiger partial charge on any atom is -0.467 e. The Morgan fingerprint density at radius 1 is 1.00 bits per heavy atom. The van der Waals surface area contributed by atoms with E-state index in [1.54, 1.807) is 0 Å². The van der Waals surface area contributed by atoms with Crippen LogP contribution < -0.4 is 0 Å². The van der Waals surface area contributed by atoms with E-state index in [0.29, 0.717) is 12.8 Å². The van der Waals surface area contributed by atoms with Crippen LogP contribution in [0.15, 0.2) is 0 Å². The Hall–Kier alpha value is -0.980. The molecule has 0 amide bonds. The first-order valence-electron chi connectivity index (χ1n) is 14.5. The van der Waals surface area contributed by atoms with Crippen molar-refractivity contribution in [1.29, 1.82) is 0 Å². The number of fused-ring (bicyclic) bond motifs is 5. The van der Waals surface area contributed by atoms with E-state index < -0.39 is 34.4 Å². The van der Waals surface area contributed by atoms with Gasteiger partial charge in [0.25, 0.3) is 0 Å². The monoisotopic (exact) mass is 518 g/mol. The Morgan fingerprint density at radius 2 is 1.65 bits per heavy atom. The molecule has 5 fully saturated rings. The molecule has 37 heavy (non-hydrogen) atoms. The van der Waals surface area contributed by atoms with Crippen LogP contribution in [0.5, 0.6) is 0 Å². The number of rotatable bonds is 2. The largest absolute Gasteiger partial charge is 0.467 e. The van der Waals surface area contributed by atoms with Crippen LogP contribution in [-0.4, -0.2) is 52.0 Å². The number of methoxy groups -OCH3 is 1. The quantitative estimate of drug-likeness (QED) is 0.496. The predicted octanol–water partition coefficient (Wildman–Crippen LogP) is 5.07. The van der Waals surface area contributed by atoms with Crippen LogP contribution in [0, 0.1) is 45.3 Å². The Bertz CT molecular complexity index is 1000. The molecule has 0 aromatic heterocycles. The second kappa shape index (κ2) is 7.81. The number of esters is 1. The first-order chi connectivity index (χ1) is 16.8. The molecule has 0 aromatic carbocycles. The van der Waals surface area contributed by atoms with Gasteiger partial charge < -0.3 is 19.7 Å². The average molecular weight is 519 g/mol. The van der Waals surface area contributed by atoms with Crippen molar-refractivity contribution in [2.45, 2.75) is 130 Å². The van der Waals surface area contributed by atoms with Crippen LogP contribution in [0.1, 0.15) is 107 Å². The van der Waals surface area contributed by atoms with Gasteiger partial charge in [-0.1, -0.05) is 34.6 Å². The van der Waals surface area contributed by atoms with Gasteiger partial charge >= 0.3 is 5.97 Å². The highest BCUT2D eigenvalue weighted by atomic mass is 16.5. The zero-order valence-electron chi connectivity index (χ0n) is 24.6. The molecular formula is C31H50O6. The number of hydrogen-bond acceptors (Lipinski definition) is 6. The van der Waals surface area contributed by atoms with Gasteiger partial charge in [-0.05, 0) is 99.7 Å². The van der Waals surface area contributed by atoms with Crippen LogP contribution in [0.3, 0.4) is 0 Å². The second-order valence-corrected chi connectivity index (χ2v) is 15.7. The smallest absolute Gasteiger partial charge is 0.338 e. The molecule has 6 nitrogen and oxygen atoms in total. The number of carbonyl (C=O) groups is 2. The number of Topliss-reactive ketones (excluding diaryl/α,β-unsaturated/α-hetero) is 1. The van der Waals surface area contributed by atoms with Crippen molar-refractivity contribution in [3.63, 3.8) is 0 Å². The Morgan fingerprint density at radius 3 is 2.24 bits per heavy atom. The molecule has 0 aromatic rings. The SMILES string of the molecule is COC(=O)[C@@]1(O)C[C@]2(C)[C@H]3C[C@@H](O)[C@@H]4[C@@H]([C@@]5(C)CCCC(C)(C)O5)CC[C@@]4(C)[C@]3(C)CC(=O)[C@H]2C1(C)C. The molecule has 4 aliphatic carbocycles. The third-order valence-electron chi connectivity index (χ3n) is 13.1. The van der Waals surface area contributed by atoms with E-state index in [9.17, 15) is 19.8 Å². The van der Waals surface area contributed by atoms with Crippen molar-refractivity contribution in [3.05, 3.63) is 0 Å². The fourth-order valence-electron chi connectivity index (χ4n) is 11.5. The minimum absolute atomic E-state index is 0.00665. The van der Waals surface area contributed by atoms with Crippen molar-refractivity contribution in [2.24, 2.45) is 45.3 Å². The van der Waals surface area contributed by atoms with Gasteiger partial charge in [-0.25, -0.2) is 4.79 Å². The van der Waals surface area contributed by atoms with Gasteiger partial charge in [0.15, 0.2) is 5.60 Å². The summed E-state index contributed by atoms with van der Waals surface area (Å²) < 4.78 is 11.9. The van der Waals surface area contributed by atoms with Crippen molar-refractivity contribution < 1.29 is 29.3 Å². The summed E-state index contributed by atoms with van der Waals surface area (Å²) in [6.45, 7) is 17.0. The third-order valence-corrected chi connectivity index (χ3v) is 13.1. The summed E-state index contributed by atoms with van der Waals surface area (Å²) in [6, 6.07) is 0. The van der Waals surface area contributed by atoms with Gasteiger partial charge in [-0.15, -0.1) is 0 Å². The maximum Gasteiger partial charge on any atom is 0.338 e. The maximum atomic E-state index is 14.1. The van der Waals surface area contributed by atoms with E-state index in [2.05, 4.69) is 41.5 Å². The summed E-state index contributed by atoms with van der Waals surface area (Å²) in [5.74, 6) is -0.688. The summed E-state index contributed by atoms with van der Waals surface area (Å²) in [4.78, 5) is 27.1. The van der Waals surface area contributed by atoms with Crippen LogP contribution in [-0.2, 0) is 19.1 Å². The molecule has 0 bridgehead atoms. The van der Waals surface area contributed by atoms with Gasteiger partial charge in [0.2, 0.25) is 0 Å². The molecule has 0 radical (unpaired) electrons. The summed E-state index contributed by atoms with van der Waals surface area (Å²) in [5, 5.41) is 23.7. The standard InChI is InChI=1S/C31H50O6/c1-25(2)12-10-13-30(8,37-25)18-11-14-28(6)22(18)19(32)15-21-27(5)17-31(35,24(34)36-9)26(3,4)23(27)20(33)16-29(21,28)7/h18-19,21-23,32,35H,10-17H2,1-9H3/t18-,19+,21+,22-,23-,27+,28+,29+,30+,31-/m0/s1. The van der Waals surface area contributed by atoms with E-state index in [1.807, 2.05) is 13.8 Å². The zero-order valence-corrected chi connectivity index (χ0v) is 24.6. The van der Waals surface area contributed by atoms with Crippen molar-refractivity contribution in [1.82, 2.24) is 0 Å². The molecule has 210 valence electrons. The highest BCUT2D eigenvalue weighted by molar-refractivity contribution is 5.90. The van der Waals surface area contributed by atoms with Crippen LogP contribution >= 0.6 is 0 Å². The summed E-state index contributed by atoms with van der Waals surface area (Å²) in [6.07, 6.45) is 5.78. The number of ketones is 1. The van der Waals surface area contributed by atoms with Gasteiger partial charge in [0.1, 0.15) is 5.78 Å². The molecule has 1 saturated heterocycles. The molecule has 5 aliphatic rings. The Kier molecular flexibility index (Phi) is 5.83. The molecule has 1 aliphatic heterocycles. The lowest BCUT2D eigenvalue weighted by Crippen LogP contribution is -2.65. The van der Waals surface area contributed by atoms with Crippen molar-refractivity contribution in [3.8, 4) is 0 Å². The van der Waals surface area contributed by atoms with E-state index in [-0.39, 0.29) is 52.0 Å². The number of aliphatic hydroxyl groups is 2.